The first-order chi connectivity index (χ1) is 15.1. The molecule has 2 aromatic rings. The molecule has 1 amide bonds. The van der Waals surface area contributed by atoms with Crippen LogP contribution in [0.15, 0.2) is 35.2 Å². The maximum atomic E-state index is 12.8. The number of esters is 1. The number of methoxy groups -OCH3 is 1. The van der Waals surface area contributed by atoms with E-state index < -0.39 is 21.7 Å². The van der Waals surface area contributed by atoms with Gasteiger partial charge in [0.05, 0.1) is 22.9 Å². The predicted octanol–water partition coefficient (Wildman–Crippen LogP) is 4.57. The van der Waals surface area contributed by atoms with Gasteiger partial charge in [0.25, 0.3) is 0 Å². The van der Waals surface area contributed by atoms with Crippen LogP contribution in [-0.2, 0) is 24.2 Å². The molecule has 1 fully saturated rings. The van der Waals surface area contributed by atoms with Crippen LogP contribution >= 0.6 is 23.2 Å². The third-order valence-corrected chi connectivity index (χ3v) is 7.51. The van der Waals surface area contributed by atoms with Gasteiger partial charge >= 0.3 is 11.9 Å². The monoisotopic (exact) mass is 501 g/mol. The van der Waals surface area contributed by atoms with Crippen LogP contribution in [0.4, 0.5) is 5.69 Å². The summed E-state index contributed by atoms with van der Waals surface area (Å²) in [6.07, 6.45) is 3.70. The average molecular weight is 502 g/mol. The molecule has 32 heavy (non-hydrogen) atoms. The number of phenols is 1. The molecule has 0 spiro atoms. The van der Waals surface area contributed by atoms with Gasteiger partial charge in [0.2, 0.25) is 0 Å². The van der Waals surface area contributed by atoms with Crippen LogP contribution in [0.2, 0.25) is 10.0 Å². The van der Waals surface area contributed by atoms with Crippen molar-refractivity contribution in [1.29, 1.82) is 0 Å². The van der Waals surface area contributed by atoms with Crippen LogP contribution in [0.1, 0.15) is 25.7 Å². The highest BCUT2D eigenvalue weighted by Gasteiger charge is 2.27. The number of sulfone groups is 1. The lowest BCUT2D eigenvalue weighted by Gasteiger charge is -2.15. The molecule has 0 atom stereocenters. The molecule has 1 aliphatic carbocycles. The Morgan fingerprint density at radius 3 is 2.34 bits per heavy atom. The molecule has 3 rings (SSSR count). The minimum Gasteiger partial charge on any atom is -0.507 e. The van der Waals surface area contributed by atoms with E-state index in [-0.39, 0.29) is 49.5 Å². The second-order valence-corrected chi connectivity index (χ2v) is 10.2. The number of aromatic hydroxyl groups is 1. The van der Waals surface area contributed by atoms with Crippen LogP contribution in [-0.4, -0.2) is 38.3 Å². The lowest BCUT2D eigenvalue weighted by molar-refractivity contribution is -0.150. The molecule has 0 aliphatic heterocycles. The van der Waals surface area contributed by atoms with Crippen LogP contribution in [0.3, 0.4) is 0 Å². The zero-order chi connectivity index (χ0) is 23.5. The Hall–Kier alpha value is -2.49. The minimum absolute atomic E-state index is 0.00102. The van der Waals surface area contributed by atoms with Gasteiger partial charge in [-0.2, -0.15) is 0 Å². The Morgan fingerprint density at radius 1 is 1.12 bits per heavy atom. The molecule has 2 N–H and O–H groups in total. The quantitative estimate of drug-likeness (QED) is 0.439. The standard InChI is InChI=1S/C21H21Cl2NO7S/c1-30-21(27)20(26)24-13-8-15(22)19(16(23)9-13)31-14-6-7-17(25)18(10-14)32(28,29)11-12-4-2-3-5-12/h6-10,12,25H,2-5,11H2,1H3,(H,24,26). The Bertz CT molecular complexity index is 1120. The molecule has 0 heterocycles. The minimum atomic E-state index is -3.73. The molecule has 0 unspecified atom stereocenters. The van der Waals surface area contributed by atoms with E-state index in [0.29, 0.717) is 0 Å². The molecule has 0 radical (unpaired) electrons. The molecule has 11 heteroatoms. The van der Waals surface area contributed by atoms with Gasteiger partial charge in [-0.25, -0.2) is 13.2 Å². The topological polar surface area (TPSA) is 119 Å². The number of halogens is 2. The lowest BCUT2D eigenvalue weighted by atomic mass is 10.1. The lowest BCUT2D eigenvalue weighted by Crippen LogP contribution is -2.23. The van der Waals surface area contributed by atoms with Crippen molar-refractivity contribution in [3.05, 3.63) is 40.4 Å². The highest BCUT2D eigenvalue weighted by atomic mass is 35.5. The molecule has 172 valence electrons. The molecule has 1 aliphatic rings. The van der Waals surface area contributed by atoms with E-state index in [4.69, 9.17) is 27.9 Å². The van der Waals surface area contributed by atoms with Crippen molar-refractivity contribution in [2.45, 2.75) is 30.6 Å². The van der Waals surface area contributed by atoms with Gasteiger partial charge in [-0.3, -0.25) is 4.79 Å². The maximum Gasteiger partial charge on any atom is 0.396 e. The van der Waals surface area contributed by atoms with E-state index in [1.165, 1.54) is 30.3 Å². The van der Waals surface area contributed by atoms with Crippen LogP contribution in [0.25, 0.3) is 0 Å². The average Bonchev–Trinajstić information content (AvgIpc) is 3.23. The Morgan fingerprint density at radius 2 is 1.75 bits per heavy atom. The summed E-state index contributed by atoms with van der Waals surface area (Å²) < 4.78 is 35.7. The number of hydrogen-bond donors (Lipinski definition) is 2. The van der Waals surface area contributed by atoms with Gasteiger partial charge in [-0.1, -0.05) is 36.0 Å². The van der Waals surface area contributed by atoms with Crippen molar-refractivity contribution in [3.63, 3.8) is 0 Å². The number of carbonyl (C=O) groups excluding carboxylic acids is 2. The second-order valence-electron chi connectivity index (χ2n) is 7.38. The number of benzene rings is 2. The van der Waals surface area contributed by atoms with E-state index in [1.807, 2.05) is 0 Å². The van der Waals surface area contributed by atoms with Gasteiger partial charge in [0.15, 0.2) is 15.6 Å². The summed E-state index contributed by atoms with van der Waals surface area (Å²) in [4.78, 5) is 22.7. The highest BCUT2D eigenvalue weighted by Crippen LogP contribution is 2.40. The number of amides is 1. The fourth-order valence-corrected chi connectivity index (χ4v) is 5.89. The summed E-state index contributed by atoms with van der Waals surface area (Å²) in [5.41, 5.74) is 0.133. The van der Waals surface area contributed by atoms with Crippen LogP contribution < -0.4 is 10.1 Å². The van der Waals surface area contributed by atoms with Gasteiger partial charge in [0, 0.05) is 11.8 Å². The first-order valence-corrected chi connectivity index (χ1v) is 12.1. The fraction of sp³-hybridized carbons (Fsp3) is 0.333. The molecule has 2 aromatic carbocycles. The SMILES string of the molecule is COC(=O)C(=O)Nc1cc(Cl)c(Oc2ccc(O)c(S(=O)(=O)CC3CCCC3)c2)c(Cl)c1. The van der Waals surface area contributed by atoms with E-state index in [1.54, 1.807) is 0 Å². The third-order valence-electron chi connectivity index (χ3n) is 5.04. The summed E-state index contributed by atoms with van der Waals surface area (Å²) in [5, 5.41) is 12.4. The predicted molar refractivity (Wildman–Crippen MR) is 119 cm³/mol. The van der Waals surface area contributed by atoms with E-state index in [2.05, 4.69) is 10.1 Å². The molecular weight excluding hydrogens is 481 g/mol. The Balaban J connectivity index is 1.83. The molecule has 8 nitrogen and oxygen atoms in total. The molecule has 1 saturated carbocycles. The van der Waals surface area contributed by atoms with Gasteiger partial charge in [-0.05, 0) is 43.0 Å². The molecule has 0 aromatic heterocycles. The summed E-state index contributed by atoms with van der Waals surface area (Å²) in [5.74, 6) is -2.33. The number of anilines is 1. The van der Waals surface area contributed by atoms with E-state index in [9.17, 15) is 23.1 Å². The maximum absolute atomic E-state index is 12.8. The zero-order valence-electron chi connectivity index (χ0n) is 17.1. The summed E-state index contributed by atoms with van der Waals surface area (Å²) in [7, 11) is -2.66. The molecule has 0 bridgehead atoms. The summed E-state index contributed by atoms with van der Waals surface area (Å²) >= 11 is 12.4. The fourth-order valence-electron chi connectivity index (χ4n) is 3.51. The first-order valence-electron chi connectivity index (χ1n) is 9.72. The third kappa shape index (κ3) is 5.65. The number of ether oxygens (including phenoxy) is 2. The zero-order valence-corrected chi connectivity index (χ0v) is 19.4. The van der Waals surface area contributed by atoms with Crippen molar-refractivity contribution in [1.82, 2.24) is 0 Å². The van der Waals surface area contributed by atoms with Crippen LogP contribution in [0, 0.1) is 5.92 Å². The number of phenolic OH excluding ortho intramolecular Hbond substituents is 1. The van der Waals surface area contributed by atoms with Crippen molar-refractivity contribution in [2.75, 3.05) is 18.2 Å². The largest absolute Gasteiger partial charge is 0.507 e. The van der Waals surface area contributed by atoms with E-state index in [0.717, 1.165) is 32.8 Å². The van der Waals surface area contributed by atoms with Crippen molar-refractivity contribution < 1.29 is 32.6 Å². The summed E-state index contributed by atoms with van der Waals surface area (Å²) in [6.45, 7) is 0. The van der Waals surface area contributed by atoms with Crippen molar-refractivity contribution >= 4 is 50.6 Å². The van der Waals surface area contributed by atoms with Gasteiger partial charge < -0.3 is 19.9 Å². The number of carbonyl (C=O) groups is 2. The van der Waals surface area contributed by atoms with Gasteiger partial charge in [-0.15, -0.1) is 0 Å². The second kappa shape index (κ2) is 9.97. The van der Waals surface area contributed by atoms with E-state index >= 15 is 0 Å². The van der Waals surface area contributed by atoms with Gasteiger partial charge in [0.1, 0.15) is 16.4 Å². The molecule has 0 saturated heterocycles. The molecular formula is C21H21Cl2NO7S. The number of nitrogens with one attached hydrogen (secondary N) is 1. The Kier molecular flexibility index (Phi) is 7.53. The Labute approximate surface area is 195 Å². The normalized spacial score (nSPS) is 14.2. The summed E-state index contributed by atoms with van der Waals surface area (Å²) in [6, 6.07) is 6.44. The van der Waals surface area contributed by atoms with Crippen molar-refractivity contribution in [2.24, 2.45) is 5.92 Å². The highest BCUT2D eigenvalue weighted by molar-refractivity contribution is 7.91. The van der Waals surface area contributed by atoms with Crippen LogP contribution in [0.5, 0.6) is 17.2 Å². The number of rotatable bonds is 6. The first kappa shape index (κ1) is 24.2. The van der Waals surface area contributed by atoms with Crippen molar-refractivity contribution in [3.8, 4) is 17.2 Å². The number of hydrogen-bond acceptors (Lipinski definition) is 7. The smallest absolute Gasteiger partial charge is 0.396 e.